The number of carbonyl (C=O) groups excluding carboxylic acids is 1. The molecule has 7 heteroatoms. The highest BCUT2D eigenvalue weighted by Crippen LogP contribution is 2.20. The molecule has 1 unspecified atom stereocenters. The zero-order valence-electron chi connectivity index (χ0n) is 14.0. The van der Waals surface area contributed by atoms with Crippen molar-refractivity contribution in [2.24, 2.45) is 0 Å². The number of nitrogens with zero attached hydrogens (tertiary/aromatic N) is 2. The SMILES string of the molecule is Cc1ccc(S(=O)(=O)N2CCN(C(=O)C3CCCCO3)CC2)cc1. The van der Waals surface area contributed by atoms with Crippen molar-refractivity contribution in [1.82, 2.24) is 9.21 Å². The monoisotopic (exact) mass is 352 g/mol. The van der Waals surface area contributed by atoms with E-state index in [0.29, 0.717) is 37.7 Å². The Balaban J connectivity index is 1.62. The van der Waals surface area contributed by atoms with Crippen molar-refractivity contribution in [3.05, 3.63) is 29.8 Å². The third-order valence-corrected chi connectivity index (χ3v) is 6.58. The fourth-order valence-corrected chi connectivity index (χ4v) is 4.57. The summed E-state index contributed by atoms with van der Waals surface area (Å²) in [5, 5.41) is 0. The van der Waals surface area contributed by atoms with Crippen molar-refractivity contribution in [2.75, 3.05) is 32.8 Å². The largest absolute Gasteiger partial charge is 0.368 e. The lowest BCUT2D eigenvalue weighted by Crippen LogP contribution is -2.53. The molecule has 1 amide bonds. The molecule has 2 fully saturated rings. The number of sulfonamides is 1. The molecule has 0 aliphatic carbocycles. The molecular formula is C17H24N2O4S. The van der Waals surface area contributed by atoms with E-state index in [2.05, 4.69) is 0 Å². The molecule has 3 rings (SSSR count). The van der Waals surface area contributed by atoms with Crippen molar-refractivity contribution in [3.8, 4) is 0 Å². The molecule has 0 saturated carbocycles. The first-order chi connectivity index (χ1) is 11.5. The number of hydrogen-bond acceptors (Lipinski definition) is 4. The van der Waals surface area contributed by atoms with Gasteiger partial charge in [0.25, 0.3) is 5.91 Å². The van der Waals surface area contributed by atoms with Gasteiger partial charge in [0.05, 0.1) is 4.90 Å². The quantitative estimate of drug-likeness (QED) is 0.825. The molecule has 24 heavy (non-hydrogen) atoms. The predicted octanol–water partition coefficient (Wildman–Crippen LogP) is 1.40. The molecule has 0 bridgehead atoms. The van der Waals surface area contributed by atoms with Gasteiger partial charge in [-0.05, 0) is 38.3 Å². The number of amides is 1. The number of piperazine rings is 1. The second kappa shape index (κ2) is 7.21. The number of rotatable bonds is 3. The van der Waals surface area contributed by atoms with Gasteiger partial charge in [-0.2, -0.15) is 4.31 Å². The van der Waals surface area contributed by atoms with Crippen LogP contribution in [-0.2, 0) is 19.6 Å². The van der Waals surface area contributed by atoms with Crippen LogP contribution >= 0.6 is 0 Å². The third kappa shape index (κ3) is 3.63. The summed E-state index contributed by atoms with van der Waals surface area (Å²) < 4.78 is 32.4. The molecule has 2 saturated heterocycles. The van der Waals surface area contributed by atoms with E-state index in [9.17, 15) is 13.2 Å². The van der Waals surface area contributed by atoms with Crippen LogP contribution in [0.15, 0.2) is 29.2 Å². The lowest BCUT2D eigenvalue weighted by Gasteiger charge is -2.36. The van der Waals surface area contributed by atoms with E-state index < -0.39 is 10.0 Å². The van der Waals surface area contributed by atoms with E-state index in [4.69, 9.17) is 4.74 Å². The van der Waals surface area contributed by atoms with Gasteiger partial charge in [-0.1, -0.05) is 17.7 Å². The molecule has 132 valence electrons. The molecule has 0 spiro atoms. The lowest BCUT2D eigenvalue weighted by atomic mass is 10.1. The summed E-state index contributed by atoms with van der Waals surface area (Å²) in [6.07, 6.45) is 2.43. The smallest absolute Gasteiger partial charge is 0.251 e. The Labute approximate surface area is 143 Å². The van der Waals surface area contributed by atoms with Gasteiger partial charge in [0.2, 0.25) is 10.0 Å². The minimum atomic E-state index is -3.49. The first kappa shape index (κ1) is 17.4. The van der Waals surface area contributed by atoms with Crippen LogP contribution in [0.1, 0.15) is 24.8 Å². The second-order valence-corrected chi connectivity index (χ2v) is 8.34. The highest BCUT2D eigenvalue weighted by molar-refractivity contribution is 7.89. The summed E-state index contributed by atoms with van der Waals surface area (Å²) in [6, 6.07) is 6.87. The summed E-state index contributed by atoms with van der Waals surface area (Å²) in [5.74, 6) is 0.00193. The van der Waals surface area contributed by atoms with Gasteiger partial charge in [0.1, 0.15) is 6.10 Å². The molecule has 1 aromatic carbocycles. The van der Waals surface area contributed by atoms with Gasteiger partial charge in [0, 0.05) is 32.8 Å². The van der Waals surface area contributed by atoms with Crippen LogP contribution in [-0.4, -0.2) is 62.4 Å². The van der Waals surface area contributed by atoms with E-state index in [1.165, 1.54) is 4.31 Å². The number of benzene rings is 1. The van der Waals surface area contributed by atoms with E-state index in [1.807, 2.05) is 6.92 Å². The average molecular weight is 352 g/mol. The Morgan fingerprint density at radius 2 is 1.75 bits per heavy atom. The van der Waals surface area contributed by atoms with Crippen LogP contribution in [0.3, 0.4) is 0 Å². The summed E-state index contributed by atoms with van der Waals surface area (Å²) >= 11 is 0. The summed E-state index contributed by atoms with van der Waals surface area (Å²) in [6.45, 7) is 4.06. The minimum Gasteiger partial charge on any atom is -0.368 e. The van der Waals surface area contributed by atoms with Gasteiger partial charge in [-0.25, -0.2) is 8.42 Å². The Morgan fingerprint density at radius 3 is 2.33 bits per heavy atom. The minimum absolute atomic E-state index is 0.00193. The number of carbonyl (C=O) groups is 1. The number of hydrogen-bond donors (Lipinski definition) is 0. The van der Waals surface area contributed by atoms with Crippen LogP contribution in [0.2, 0.25) is 0 Å². The topological polar surface area (TPSA) is 66.9 Å². The standard InChI is InChI=1S/C17H24N2O4S/c1-14-5-7-15(8-6-14)24(21,22)19-11-9-18(10-12-19)17(20)16-4-2-3-13-23-16/h5-8,16H,2-4,9-13H2,1H3. The average Bonchev–Trinajstić information content (AvgIpc) is 2.62. The first-order valence-electron chi connectivity index (χ1n) is 8.46. The Bertz CT molecular complexity index is 673. The highest BCUT2D eigenvalue weighted by atomic mass is 32.2. The van der Waals surface area contributed by atoms with Crippen molar-refractivity contribution in [1.29, 1.82) is 0 Å². The predicted molar refractivity (Wildman–Crippen MR) is 90.1 cm³/mol. The molecule has 1 aromatic rings. The molecule has 2 aliphatic rings. The van der Waals surface area contributed by atoms with Crippen LogP contribution in [0.5, 0.6) is 0 Å². The fraction of sp³-hybridized carbons (Fsp3) is 0.588. The van der Waals surface area contributed by atoms with Crippen molar-refractivity contribution >= 4 is 15.9 Å². The van der Waals surface area contributed by atoms with Gasteiger partial charge in [0.15, 0.2) is 0 Å². The van der Waals surface area contributed by atoms with E-state index in [-0.39, 0.29) is 12.0 Å². The number of aryl methyl sites for hydroxylation is 1. The van der Waals surface area contributed by atoms with Crippen LogP contribution < -0.4 is 0 Å². The maximum atomic E-state index is 12.7. The Hall–Kier alpha value is -1.44. The van der Waals surface area contributed by atoms with Gasteiger partial charge in [-0.3, -0.25) is 4.79 Å². The number of ether oxygens (including phenoxy) is 1. The highest BCUT2D eigenvalue weighted by Gasteiger charge is 2.33. The third-order valence-electron chi connectivity index (χ3n) is 4.66. The van der Waals surface area contributed by atoms with Crippen LogP contribution in [0, 0.1) is 6.92 Å². The fourth-order valence-electron chi connectivity index (χ4n) is 3.15. The molecule has 2 aliphatic heterocycles. The summed E-state index contributed by atoms with van der Waals surface area (Å²) in [7, 11) is -3.49. The van der Waals surface area contributed by atoms with Gasteiger partial charge in [-0.15, -0.1) is 0 Å². The Morgan fingerprint density at radius 1 is 1.08 bits per heavy atom. The second-order valence-electron chi connectivity index (χ2n) is 6.40. The van der Waals surface area contributed by atoms with Crippen molar-refractivity contribution < 1.29 is 17.9 Å². The van der Waals surface area contributed by atoms with Gasteiger partial charge >= 0.3 is 0 Å². The van der Waals surface area contributed by atoms with E-state index in [0.717, 1.165) is 24.8 Å². The van der Waals surface area contributed by atoms with Crippen molar-refractivity contribution in [3.63, 3.8) is 0 Å². The van der Waals surface area contributed by atoms with Crippen LogP contribution in [0.25, 0.3) is 0 Å². The normalized spacial score (nSPS) is 23.2. The van der Waals surface area contributed by atoms with Crippen molar-refractivity contribution in [2.45, 2.75) is 37.2 Å². The van der Waals surface area contributed by atoms with E-state index in [1.54, 1.807) is 29.2 Å². The maximum absolute atomic E-state index is 12.7. The summed E-state index contributed by atoms with van der Waals surface area (Å²) in [4.78, 5) is 14.5. The zero-order valence-corrected chi connectivity index (χ0v) is 14.8. The molecular weight excluding hydrogens is 328 g/mol. The molecule has 6 nitrogen and oxygen atoms in total. The molecule has 0 aromatic heterocycles. The first-order valence-corrected chi connectivity index (χ1v) is 9.90. The molecule has 0 N–H and O–H groups in total. The molecule has 2 heterocycles. The van der Waals surface area contributed by atoms with Crippen LogP contribution in [0.4, 0.5) is 0 Å². The zero-order chi connectivity index (χ0) is 17.2. The van der Waals surface area contributed by atoms with E-state index >= 15 is 0 Å². The molecule has 1 atom stereocenters. The Kier molecular flexibility index (Phi) is 5.22. The van der Waals surface area contributed by atoms with Gasteiger partial charge < -0.3 is 9.64 Å². The lowest BCUT2D eigenvalue weighted by molar-refractivity contribution is -0.147. The maximum Gasteiger partial charge on any atom is 0.251 e. The summed E-state index contributed by atoms with van der Waals surface area (Å²) in [5.41, 5.74) is 1.02. The molecule has 0 radical (unpaired) electrons.